The second-order valence-corrected chi connectivity index (χ2v) is 8.77. The van der Waals surface area contributed by atoms with Crippen molar-refractivity contribution in [2.24, 2.45) is 5.41 Å². The highest BCUT2D eigenvalue weighted by molar-refractivity contribution is 5.84. The fourth-order valence-electron chi connectivity index (χ4n) is 4.87. The normalized spacial score (nSPS) is 21.8. The highest BCUT2D eigenvalue weighted by Gasteiger charge is 2.43. The third-order valence-electron chi connectivity index (χ3n) is 6.77. The summed E-state index contributed by atoms with van der Waals surface area (Å²) in [7, 11) is 0. The minimum atomic E-state index is -0.988. The Morgan fingerprint density at radius 3 is 2.28 bits per heavy atom. The van der Waals surface area contributed by atoms with E-state index < -0.39 is 29.4 Å². The molecule has 168 valence electrons. The number of ether oxygens (including phenoxy) is 1. The van der Waals surface area contributed by atoms with Crippen LogP contribution >= 0.6 is 0 Å². The number of carboxylic acid groups (broad SMARTS) is 1. The topological polar surface area (TPSA) is 105 Å². The Morgan fingerprint density at radius 1 is 1.03 bits per heavy atom. The van der Waals surface area contributed by atoms with Gasteiger partial charge >= 0.3 is 12.1 Å². The number of fused-ring (bicyclic) bond motifs is 3. The maximum atomic E-state index is 12.3. The molecule has 2 aromatic carbocycles. The number of aliphatic carboxylic acids is 1. The van der Waals surface area contributed by atoms with Crippen molar-refractivity contribution >= 4 is 18.0 Å². The summed E-state index contributed by atoms with van der Waals surface area (Å²) in [5.74, 6) is -1.38. The molecule has 4 rings (SSSR count). The Labute approximate surface area is 187 Å². The van der Waals surface area contributed by atoms with Crippen LogP contribution in [0.25, 0.3) is 11.1 Å². The minimum absolute atomic E-state index is 0.0551. The third kappa shape index (κ3) is 4.20. The number of hydrogen-bond acceptors (Lipinski definition) is 4. The van der Waals surface area contributed by atoms with Crippen molar-refractivity contribution in [1.82, 2.24) is 10.6 Å². The largest absolute Gasteiger partial charge is 0.481 e. The molecule has 32 heavy (non-hydrogen) atoms. The summed E-state index contributed by atoms with van der Waals surface area (Å²) in [5.41, 5.74) is 3.53. The van der Waals surface area contributed by atoms with Crippen LogP contribution in [0.4, 0.5) is 4.79 Å². The number of benzene rings is 2. The van der Waals surface area contributed by atoms with Crippen LogP contribution in [0.3, 0.4) is 0 Å². The Hall–Kier alpha value is -3.35. The maximum Gasteiger partial charge on any atom is 0.407 e. The van der Waals surface area contributed by atoms with Gasteiger partial charge in [0.25, 0.3) is 0 Å². The van der Waals surface area contributed by atoms with Gasteiger partial charge in [-0.2, -0.15) is 0 Å². The van der Waals surface area contributed by atoms with Crippen LogP contribution in [0.1, 0.15) is 49.7 Å². The summed E-state index contributed by atoms with van der Waals surface area (Å²) in [6, 6.07) is 15.7. The molecule has 2 aliphatic rings. The second-order valence-electron chi connectivity index (χ2n) is 8.77. The van der Waals surface area contributed by atoms with E-state index in [0.717, 1.165) is 35.1 Å². The smallest absolute Gasteiger partial charge is 0.407 e. The van der Waals surface area contributed by atoms with Crippen LogP contribution in [0, 0.1) is 5.41 Å². The molecule has 2 aliphatic carbocycles. The number of rotatable bonds is 6. The summed E-state index contributed by atoms with van der Waals surface area (Å²) >= 11 is 0. The van der Waals surface area contributed by atoms with Crippen molar-refractivity contribution in [2.75, 3.05) is 13.2 Å². The minimum Gasteiger partial charge on any atom is -0.481 e. The van der Waals surface area contributed by atoms with Gasteiger partial charge in [-0.15, -0.1) is 0 Å². The number of nitrogens with one attached hydrogen (secondary N) is 2. The zero-order valence-corrected chi connectivity index (χ0v) is 18.1. The Morgan fingerprint density at radius 2 is 1.66 bits per heavy atom. The first-order valence-corrected chi connectivity index (χ1v) is 11.0. The number of carbonyl (C=O) groups excluding carboxylic acids is 2. The number of carboxylic acids is 1. The molecule has 1 saturated carbocycles. The molecule has 0 bridgehead atoms. The van der Waals surface area contributed by atoms with Crippen molar-refractivity contribution in [3.05, 3.63) is 59.7 Å². The molecule has 2 aromatic rings. The molecule has 2 unspecified atom stereocenters. The molecule has 1 fully saturated rings. The van der Waals surface area contributed by atoms with Crippen molar-refractivity contribution in [3.8, 4) is 11.1 Å². The maximum absolute atomic E-state index is 12.3. The Balaban J connectivity index is 1.30. The van der Waals surface area contributed by atoms with Gasteiger partial charge in [0, 0.05) is 12.0 Å². The molecule has 2 atom stereocenters. The fourth-order valence-corrected chi connectivity index (χ4v) is 4.87. The monoisotopic (exact) mass is 436 g/mol. The predicted octanol–water partition coefficient (Wildman–Crippen LogP) is 3.67. The van der Waals surface area contributed by atoms with Gasteiger partial charge in [0.2, 0.25) is 5.91 Å². The molecule has 2 amide bonds. The highest BCUT2D eigenvalue weighted by Crippen LogP contribution is 2.44. The van der Waals surface area contributed by atoms with E-state index >= 15 is 0 Å². The van der Waals surface area contributed by atoms with Crippen LogP contribution in [0.15, 0.2) is 48.5 Å². The van der Waals surface area contributed by atoms with Gasteiger partial charge < -0.3 is 20.5 Å². The lowest BCUT2D eigenvalue weighted by Gasteiger charge is -2.38. The standard InChI is InChI=1S/C25H28N2O5/c1-25(23(29)30)13-7-6-12-21(25)27-22(28)14-26-24(31)32-15-20-18-10-4-2-8-16(18)17-9-3-5-11-19(17)20/h2-5,8-11,20-21H,6-7,12-15H2,1H3,(H,26,31)(H,27,28)(H,29,30). The zero-order chi connectivity index (χ0) is 22.7. The molecule has 0 aliphatic heterocycles. The fraction of sp³-hybridized carbons (Fsp3) is 0.400. The van der Waals surface area contributed by atoms with Gasteiger partial charge in [0.05, 0.1) is 5.41 Å². The first-order chi connectivity index (χ1) is 15.4. The Bertz CT molecular complexity index is 991. The van der Waals surface area contributed by atoms with E-state index in [9.17, 15) is 19.5 Å². The first-order valence-electron chi connectivity index (χ1n) is 11.0. The van der Waals surface area contributed by atoms with Gasteiger partial charge in [-0.3, -0.25) is 9.59 Å². The van der Waals surface area contributed by atoms with Crippen LogP contribution in [0.5, 0.6) is 0 Å². The van der Waals surface area contributed by atoms with Crippen molar-refractivity contribution in [2.45, 2.75) is 44.6 Å². The lowest BCUT2D eigenvalue weighted by molar-refractivity contribution is -0.152. The van der Waals surface area contributed by atoms with E-state index in [0.29, 0.717) is 12.8 Å². The number of alkyl carbamates (subject to hydrolysis) is 1. The van der Waals surface area contributed by atoms with Crippen LogP contribution in [-0.2, 0) is 14.3 Å². The van der Waals surface area contributed by atoms with Crippen molar-refractivity contribution < 1.29 is 24.2 Å². The molecule has 0 saturated heterocycles. The molecule has 7 nitrogen and oxygen atoms in total. The molecule has 7 heteroatoms. The van der Waals surface area contributed by atoms with Gasteiger partial charge in [-0.05, 0) is 42.0 Å². The van der Waals surface area contributed by atoms with Gasteiger partial charge in [0.15, 0.2) is 0 Å². The van der Waals surface area contributed by atoms with E-state index in [-0.39, 0.29) is 19.1 Å². The van der Waals surface area contributed by atoms with E-state index in [1.54, 1.807) is 6.92 Å². The molecule has 0 spiro atoms. The predicted molar refractivity (Wildman–Crippen MR) is 119 cm³/mol. The molecular weight excluding hydrogens is 408 g/mol. The third-order valence-corrected chi connectivity index (χ3v) is 6.77. The quantitative estimate of drug-likeness (QED) is 0.641. The van der Waals surface area contributed by atoms with Gasteiger partial charge in [-0.25, -0.2) is 4.79 Å². The van der Waals surface area contributed by atoms with Crippen LogP contribution in [-0.4, -0.2) is 42.3 Å². The summed E-state index contributed by atoms with van der Waals surface area (Å²) in [6.07, 6.45) is 2.15. The lowest BCUT2D eigenvalue weighted by Crippen LogP contribution is -2.53. The molecule has 0 radical (unpaired) electrons. The molecule has 3 N–H and O–H groups in total. The van der Waals surface area contributed by atoms with E-state index in [1.165, 1.54) is 0 Å². The molecule has 0 aromatic heterocycles. The van der Waals surface area contributed by atoms with E-state index in [1.807, 2.05) is 36.4 Å². The van der Waals surface area contributed by atoms with E-state index in [2.05, 4.69) is 22.8 Å². The van der Waals surface area contributed by atoms with Crippen molar-refractivity contribution in [3.63, 3.8) is 0 Å². The average molecular weight is 437 g/mol. The van der Waals surface area contributed by atoms with E-state index in [4.69, 9.17) is 4.74 Å². The summed E-state index contributed by atoms with van der Waals surface area (Å²) < 4.78 is 5.44. The van der Waals surface area contributed by atoms with Crippen molar-refractivity contribution in [1.29, 1.82) is 0 Å². The first kappa shape index (κ1) is 21.9. The van der Waals surface area contributed by atoms with Crippen LogP contribution in [0.2, 0.25) is 0 Å². The summed E-state index contributed by atoms with van der Waals surface area (Å²) in [5, 5.41) is 14.8. The SMILES string of the molecule is CC1(C(=O)O)CCCCC1NC(=O)CNC(=O)OCC1c2ccccc2-c2ccccc21. The average Bonchev–Trinajstić information content (AvgIpc) is 3.11. The number of carbonyl (C=O) groups is 3. The Kier molecular flexibility index (Phi) is 6.17. The molecular formula is C25H28N2O5. The highest BCUT2D eigenvalue weighted by atomic mass is 16.5. The van der Waals surface area contributed by atoms with Gasteiger partial charge in [-0.1, -0.05) is 61.4 Å². The summed E-state index contributed by atoms with van der Waals surface area (Å²) in [6.45, 7) is 1.57. The van der Waals surface area contributed by atoms with Crippen LogP contribution < -0.4 is 10.6 Å². The zero-order valence-electron chi connectivity index (χ0n) is 18.1. The number of hydrogen-bond donors (Lipinski definition) is 3. The second kappa shape index (κ2) is 9.02. The number of amides is 2. The summed E-state index contributed by atoms with van der Waals surface area (Å²) in [4.78, 5) is 36.3. The molecule has 0 heterocycles. The van der Waals surface area contributed by atoms with Gasteiger partial charge in [0.1, 0.15) is 13.2 Å². The lowest BCUT2D eigenvalue weighted by atomic mass is 9.71.